The van der Waals surface area contributed by atoms with Gasteiger partial charge in [-0.3, -0.25) is 9.59 Å². The lowest BCUT2D eigenvalue weighted by Crippen LogP contribution is -2.41. The van der Waals surface area contributed by atoms with Gasteiger partial charge in [-0.1, -0.05) is 18.5 Å². The van der Waals surface area contributed by atoms with Gasteiger partial charge in [0.1, 0.15) is 23.3 Å². The smallest absolute Gasteiger partial charge is 0.324 e. The SMILES string of the molecule is C[C@@H]1CCc2c(sc3nc(COC(=O)[C@@H]4CCCN4S(=O)(=O)c4ccc(Cl)cc4)[nH]c(=O)c23)C1. The molecule has 0 bridgehead atoms. The first-order chi connectivity index (χ1) is 16.2. The molecule has 1 saturated heterocycles. The summed E-state index contributed by atoms with van der Waals surface area (Å²) in [5.41, 5.74) is 0.861. The van der Waals surface area contributed by atoms with E-state index >= 15 is 0 Å². The number of halogens is 1. The number of nitrogens with one attached hydrogen (secondary N) is 1. The predicted octanol–water partition coefficient (Wildman–Crippen LogP) is 3.66. The van der Waals surface area contributed by atoms with Gasteiger partial charge in [-0.05, 0) is 67.9 Å². The Bertz CT molecular complexity index is 1410. The van der Waals surface area contributed by atoms with Gasteiger partial charge in [-0.25, -0.2) is 13.4 Å². The second kappa shape index (κ2) is 9.07. The third-order valence-corrected chi connectivity index (χ3v) is 9.78. The maximum atomic E-state index is 13.1. The Hall–Kier alpha value is -2.27. The molecule has 1 N–H and O–H groups in total. The first kappa shape index (κ1) is 23.5. The van der Waals surface area contributed by atoms with Crippen molar-refractivity contribution in [1.82, 2.24) is 14.3 Å². The molecule has 11 heteroatoms. The number of fused-ring (bicyclic) bond motifs is 3. The van der Waals surface area contributed by atoms with E-state index in [1.54, 1.807) is 0 Å². The summed E-state index contributed by atoms with van der Waals surface area (Å²) in [5.74, 6) is 0.179. The van der Waals surface area contributed by atoms with Gasteiger partial charge in [0.05, 0.1) is 10.3 Å². The Labute approximate surface area is 206 Å². The second-order valence-corrected chi connectivity index (χ2v) is 12.3. The van der Waals surface area contributed by atoms with E-state index in [-0.39, 0.29) is 29.4 Å². The maximum absolute atomic E-state index is 13.1. The molecular formula is C23H24ClN3O5S2. The standard InChI is InChI=1S/C23H24ClN3O5S2/c1-13-4-9-16-18(11-13)33-22-20(16)21(28)25-19(26-22)12-32-23(29)17-3-2-10-27(17)34(30,31)15-7-5-14(24)6-8-15/h5-8,13,17H,2-4,9-12H2,1H3,(H,25,26,28)/t13-,17+/m1/s1. The second-order valence-electron chi connectivity index (χ2n) is 8.88. The van der Waals surface area contributed by atoms with Crippen LogP contribution in [0.15, 0.2) is 34.0 Å². The largest absolute Gasteiger partial charge is 0.456 e. The number of rotatable bonds is 5. The molecule has 0 spiro atoms. The fourth-order valence-electron chi connectivity index (χ4n) is 4.70. The molecule has 5 rings (SSSR count). The minimum atomic E-state index is -3.87. The van der Waals surface area contributed by atoms with Gasteiger partial charge in [0.15, 0.2) is 0 Å². The Morgan fingerprint density at radius 2 is 2.06 bits per heavy atom. The topological polar surface area (TPSA) is 109 Å². The van der Waals surface area contributed by atoms with Crippen LogP contribution in [-0.2, 0) is 39.0 Å². The zero-order chi connectivity index (χ0) is 24.0. The van der Waals surface area contributed by atoms with E-state index in [0.717, 1.165) is 24.8 Å². The van der Waals surface area contributed by atoms with Crippen LogP contribution in [0.2, 0.25) is 5.02 Å². The third kappa shape index (κ3) is 4.28. The first-order valence-electron chi connectivity index (χ1n) is 11.2. The number of nitrogens with zero attached hydrogens (tertiary/aromatic N) is 2. The van der Waals surface area contributed by atoms with Crippen LogP contribution in [-0.4, -0.2) is 41.2 Å². The summed E-state index contributed by atoms with van der Waals surface area (Å²) in [5, 5.41) is 1.06. The zero-order valence-electron chi connectivity index (χ0n) is 18.5. The molecule has 8 nitrogen and oxygen atoms in total. The molecule has 0 amide bonds. The van der Waals surface area contributed by atoms with Crippen molar-refractivity contribution in [3.63, 3.8) is 0 Å². The minimum absolute atomic E-state index is 0.0732. The molecule has 2 aliphatic rings. The highest BCUT2D eigenvalue weighted by Gasteiger charge is 2.40. The molecule has 2 atom stereocenters. The number of hydrogen-bond acceptors (Lipinski definition) is 7. The van der Waals surface area contributed by atoms with Crippen molar-refractivity contribution in [3.8, 4) is 0 Å². The quantitative estimate of drug-likeness (QED) is 0.513. The van der Waals surface area contributed by atoms with E-state index in [9.17, 15) is 18.0 Å². The van der Waals surface area contributed by atoms with Crippen LogP contribution in [0.25, 0.3) is 10.2 Å². The molecule has 0 radical (unpaired) electrons. The van der Waals surface area contributed by atoms with Crippen molar-refractivity contribution in [2.75, 3.05) is 6.54 Å². The van der Waals surface area contributed by atoms with E-state index in [2.05, 4.69) is 16.9 Å². The van der Waals surface area contributed by atoms with Crippen LogP contribution in [0.4, 0.5) is 0 Å². The highest BCUT2D eigenvalue weighted by atomic mass is 35.5. The molecule has 1 aliphatic heterocycles. The number of carbonyl (C=O) groups is 1. The first-order valence-corrected chi connectivity index (χ1v) is 13.8. The lowest BCUT2D eigenvalue weighted by Gasteiger charge is -2.22. The van der Waals surface area contributed by atoms with Crippen molar-refractivity contribution in [2.24, 2.45) is 5.92 Å². The number of H-pyrrole nitrogens is 1. The monoisotopic (exact) mass is 521 g/mol. The molecule has 1 aliphatic carbocycles. The number of esters is 1. The minimum Gasteiger partial charge on any atom is -0.456 e. The van der Waals surface area contributed by atoms with Gasteiger partial charge in [-0.15, -0.1) is 11.3 Å². The van der Waals surface area contributed by atoms with E-state index in [1.165, 1.54) is 44.8 Å². The van der Waals surface area contributed by atoms with Crippen molar-refractivity contribution < 1.29 is 17.9 Å². The molecule has 0 saturated carbocycles. The number of sulfonamides is 1. The van der Waals surface area contributed by atoms with Gasteiger partial charge in [0.25, 0.3) is 5.56 Å². The summed E-state index contributed by atoms with van der Waals surface area (Å²) in [7, 11) is -3.87. The van der Waals surface area contributed by atoms with Gasteiger partial charge < -0.3 is 9.72 Å². The average molecular weight is 522 g/mol. The summed E-state index contributed by atoms with van der Waals surface area (Å²) < 4.78 is 32.7. The number of aromatic amines is 1. The third-order valence-electron chi connectivity index (χ3n) is 6.46. The zero-order valence-corrected chi connectivity index (χ0v) is 20.9. The Kier molecular flexibility index (Phi) is 6.26. The summed E-state index contributed by atoms with van der Waals surface area (Å²) in [6.07, 6.45) is 3.78. The predicted molar refractivity (Wildman–Crippen MR) is 130 cm³/mol. The highest BCUT2D eigenvalue weighted by Crippen LogP contribution is 2.35. The van der Waals surface area contributed by atoms with Crippen LogP contribution in [0.1, 0.15) is 42.5 Å². The van der Waals surface area contributed by atoms with E-state index < -0.39 is 22.0 Å². The summed E-state index contributed by atoms with van der Waals surface area (Å²) in [6, 6.07) is 4.91. The average Bonchev–Trinajstić information content (AvgIpc) is 3.43. The molecule has 0 unspecified atom stereocenters. The fraction of sp³-hybridized carbons (Fsp3) is 0.435. The van der Waals surface area contributed by atoms with Gasteiger partial charge >= 0.3 is 5.97 Å². The number of benzene rings is 1. The highest BCUT2D eigenvalue weighted by molar-refractivity contribution is 7.89. The van der Waals surface area contributed by atoms with Gasteiger partial charge in [0, 0.05) is 16.4 Å². The van der Waals surface area contributed by atoms with Crippen LogP contribution < -0.4 is 5.56 Å². The van der Waals surface area contributed by atoms with E-state index in [4.69, 9.17) is 16.3 Å². The molecule has 3 heterocycles. The molecule has 3 aromatic rings. The van der Waals surface area contributed by atoms with Crippen LogP contribution in [0, 0.1) is 5.92 Å². The number of aryl methyl sites for hydroxylation is 1. The maximum Gasteiger partial charge on any atom is 0.324 e. The van der Waals surface area contributed by atoms with Crippen LogP contribution >= 0.6 is 22.9 Å². The molecule has 34 heavy (non-hydrogen) atoms. The van der Waals surface area contributed by atoms with Crippen molar-refractivity contribution >= 4 is 49.1 Å². The summed E-state index contributed by atoms with van der Waals surface area (Å²) in [6.45, 7) is 2.20. The van der Waals surface area contributed by atoms with Crippen molar-refractivity contribution in [3.05, 3.63) is 55.9 Å². The fourth-order valence-corrected chi connectivity index (χ4v) is 7.88. The number of carbonyl (C=O) groups excluding carboxylic acids is 1. The number of hydrogen-bond donors (Lipinski definition) is 1. The van der Waals surface area contributed by atoms with Gasteiger partial charge in [-0.2, -0.15) is 4.31 Å². The number of aromatic nitrogens is 2. The summed E-state index contributed by atoms with van der Waals surface area (Å²) in [4.78, 5) is 34.8. The lowest BCUT2D eigenvalue weighted by atomic mass is 9.89. The normalized spacial score (nSPS) is 21.0. The van der Waals surface area contributed by atoms with E-state index in [1.807, 2.05) is 0 Å². The Morgan fingerprint density at radius 1 is 1.29 bits per heavy atom. The molecule has 2 aromatic heterocycles. The molecule has 1 aromatic carbocycles. The summed E-state index contributed by atoms with van der Waals surface area (Å²) >= 11 is 7.40. The lowest BCUT2D eigenvalue weighted by molar-refractivity contribution is -0.149. The Morgan fingerprint density at radius 3 is 2.82 bits per heavy atom. The van der Waals surface area contributed by atoms with Crippen LogP contribution in [0.3, 0.4) is 0 Å². The number of thiophene rings is 1. The Balaban J connectivity index is 1.32. The number of ether oxygens (including phenoxy) is 1. The van der Waals surface area contributed by atoms with E-state index in [0.29, 0.717) is 34.0 Å². The van der Waals surface area contributed by atoms with Crippen LogP contribution in [0.5, 0.6) is 0 Å². The molecule has 1 fully saturated rings. The van der Waals surface area contributed by atoms with Gasteiger partial charge in [0.2, 0.25) is 10.0 Å². The van der Waals surface area contributed by atoms with Crippen molar-refractivity contribution in [2.45, 2.75) is 56.6 Å². The molecular weight excluding hydrogens is 498 g/mol. The van der Waals surface area contributed by atoms with Crippen molar-refractivity contribution in [1.29, 1.82) is 0 Å². The molecule has 180 valence electrons.